The van der Waals surface area contributed by atoms with E-state index < -0.39 is 0 Å². The summed E-state index contributed by atoms with van der Waals surface area (Å²) >= 11 is 1.42. The molecule has 1 aliphatic carbocycles. The summed E-state index contributed by atoms with van der Waals surface area (Å²) in [5.74, 6) is 0.0242. The lowest BCUT2D eigenvalue weighted by Gasteiger charge is -2.27. The third kappa shape index (κ3) is 5.55. The first-order valence-corrected chi connectivity index (χ1v) is 11.5. The van der Waals surface area contributed by atoms with Crippen LogP contribution in [0.3, 0.4) is 0 Å². The number of pyridine rings is 1. The average Bonchev–Trinajstić information content (AvgIpc) is 3.22. The van der Waals surface area contributed by atoms with E-state index in [1.54, 1.807) is 12.1 Å². The van der Waals surface area contributed by atoms with Crippen LogP contribution in [0.15, 0.2) is 57.1 Å². The minimum Gasteiger partial charge on any atom is -0.469 e. The van der Waals surface area contributed by atoms with Gasteiger partial charge in [-0.3, -0.25) is 4.79 Å². The predicted molar refractivity (Wildman–Crippen MR) is 120 cm³/mol. The Kier molecular flexibility index (Phi) is 7.22. The van der Waals surface area contributed by atoms with E-state index in [4.69, 9.17) is 14.1 Å². The predicted octanol–water partition coefficient (Wildman–Crippen LogP) is 5.16. The Morgan fingerprint density at radius 1 is 1.19 bits per heavy atom. The summed E-state index contributed by atoms with van der Waals surface area (Å²) in [7, 11) is 1.44. The lowest BCUT2D eigenvalue weighted by atomic mass is 9.86. The lowest BCUT2D eigenvalue weighted by molar-refractivity contribution is -0.146. The Bertz CT molecular complexity index is 1050. The van der Waals surface area contributed by atoms with Gasteiger partial charge >= 0.3 is 5.97 Å². The molecule has 0 bridgehead atoms. The second kappa shape index (κ2) is 10.3. The van der Waals surface area contributed by atoms with E-state index in [1.165, 1.54) is 31.0 Å². The van der Waals surface area contributed by atoms with Gasteiger partial charge in [0.25, 0.3) is 0 Å². The van der Waals surface area contributed by atoms with Crippen molar-refractivity contribution < 1.29 is 18.3 Å². The number of esters is 1. The number of nitrogens with one attached hydrogen (secondary N) is 1. The molecule has 4 rings (SSSR count). The van der Waals surface area contributed by atoms with Crippen molar-refractivity contribution in [2.75, 3.05) is 7.11 Å². The molecule has 2 aromatic heterocycles. The first kappa shape index (κ1) is 22.5. The van der Waals surface area contributed by atoms with Crippen LogP contribution >= 0.6 is 11.8 Å². The number of hydrogen-bond acceptors (Lipinski definition) is 7. The Morgan fingerprint density at radius 3 is 2.59 bits per heavy atom. The number of hydrogen-bond donors (Lipinski definition) is 1. The number of carbonyl (C=O) groups is 1. The molecule has 168 valence electrons. The summed E-state index contributed by atoms with van der Waals surface area (Å²) in [6, 6.07) is 10.4. The van der Waals surface area contributed by atoms with Crippen LogP contribution in [0.1, 0.15) is 36.9 Å². The molecular formula is C24H26FN3O3S. The van der Waals surface area contributed by atoms with Crippen LogP contribution in [0.25, 0.3) is 11.5 Å². The number of aryl methyl sites for hydroxylation is 1. The molecule has 0 unspecified atom stereocenters. The van der Waals surface area contributed by atoms with Crippen molar-refractivity contribution >= 4 is 17.7 Å². The lowest BCUT2D eigenvalue weighted by Crippen LogP contribution is -2.35. The van der Waals surface area contributed by atoms with Crippen molar-refractivity contribution in [2.24, 2.45) is 5.92 Å². The van der Waals surface area contributed by atoms with Gasteiger partial charge in [0, 0.05) is 24.3 Å². The number of carbonyl (C=O) groups excluding carboxylic acids is 1. The van der Waals surface area contributed by atoms with Crippen molar-refractivity contribution in [3.8, 4) is 11.5 Å². The number of ether oxygens (including phenoxy) is 1. The summed E-state index contributed by atoms with van der Waals surface area (Å²) < 4.78 is 24.3. The molecular weight excluding hydrogens is 429 g/mol. The first-order valence-electron chi connectivity index (χ1n) is 10.7. The number of halogens is 1. The van der Waals surface area contributed by atoms with E-state index in [0.717, 1.165) is 47.5 Å². The number of oxazole rings is 1. The summed E-state index contributed by atoms with van der Waals surface area (Å²) in [4.78, 5) is 20.9. The van der Waals surface area contributed by atoms with Gasteiger partial charge in [-0.15, -0.1) is 0 Å². The number of methoxy groups -OCH3 is 1. The van der Waals surface area contributed by atoms with Gasteiger partial charge in [-0.05, 0) is 80.3 Å². The second-order valence-corrected chi connectivity index (χ2v) is 8.98. The third-order valence-electron chi connectivity index (χ3n) is 5.65. The Balaban J connectivity index is 1.48. The van der Waals surface area contributed by atoms with E-state index in [0.29, 0.717) is 23.6 Å². The highest BCUT2D eigenvalue weighted by Crippen LogP contribution is 2.34. The molecule has 0 saturated heterocycles. The molecule has 0 amide bonds. The molecule has 0 spiro atoms. The quantitative estimate of drug-likeness (QED) is 0.493. The van der Waals surface area contributed by atoms with Gasteiger partial charge in [-0.25, -0.2) is 14.4 Å². The normalized spacial score (nSPS) is 18.5. The van der Waals surface area contributed by atoms with Crippen molar-refractivity contribution in [3.63, 3.8) is 0 Å². The first-order chi connectivity index (χ1) is 15.5. The molecule has 1 fully saturated rings. The highest BCUT2D eigenvalue weighted by molar-refractivity contribution is 7.99. The zero-order chi connectivity index (χ0) is 22.5. The van der Waals surface area contributed by atoms with Crippen molar-refractivity contribution in [3.05, 3.63) is 59.7 Å². The van der Waals surface area contributed by atoms with E-state index in [-0.39, 0.29) is 17.7 Å². The maximum absolute atomic E-state index is 13.3. The SMILES string of the molecule is COC(=O)[C@H]1CC[C@@H](NCc2nc(-c3ccc(F)cc3)oc2Sc2ccc(C)cn2)CC1. The van der Waals surface area contributed by atoms with Gasteiger partial charge in [-0.2, -0.15) is 0 Å². The summed E-state index contributed by atoms with van der Waals surface area (Å²) in [5, 5.41) is 5.04. The average molecular weight is 456 g/mol. The molecule has 2 heterocycles. The molecule has 0 aliphatic heterocycles. The zero-order valence-corrected chi connectivity index (χ0v) is 19.0. The maximum atomic E-state index is 13.3. The van der Waals surface area contributed by atoms with E-state index in [9.17, 15) is 9.18 Å². The van der Waals surface area contributed by atoms with Crippen LogP contribution < -0.4 is 5.32 Å². The molecule has 8 heteroatoms. The fraction of sp³-hybridized carbons (Fsp3) is 0.375. The molecule has 1 aromatic carbocycles. The van der Waals surface area contributed by atoms with Gasteiger partial charge in [-0.1, -0.05) is 6.07 Å². The van der Waals surface area contributed by atoms with Crippen molar-refractivity contribution in [2.45, 2.75) is 55.3 Å². The zero-order valence-electron chi connectivity index (χ0n) is 18.1. The minimum atomic E-state index is -0.303. The summed E-state index contributed by atoms with van der Waals surface area (Å²) in [6.07, 6.45) is 5.27. The topological polar surface area (TPSA) is 77.2 Å². The molecule has 3 aromatic rings. The highest BCUT2D eigenvalue weighted by Gasteiger charge is 2.27. The van der Waals surface area contributed by atoms with E-state index >= 15 is 0 Å². The van der Waals surface area contributed by atoms with Crippen molar-refractivity contribution in [1.82, 2.24) is 15.3 Å². The summed E-state index contributed by atoms with van der Waals surface area (Å²) in [5.41, 5.74) is 2.59. The van der Waals surface area contributed by atoms with Gasteiger partial charge < -0.3 is 14.5 Å². The molecule has 6 nitrogen and oxygen atoms in total. The number of benzene rings is 1. The van der Waals surface area contributed by atoms with Crippen LogP contribution in [0.2, 0.25) is 0 Å². The monoisotopic (exact) mass is 455 g/mol. The van der Waals surface area contributed by atoms with Crippen LogP contribution in [0, 0.1) is 18.7 Å². The molecule has 0 atom stereocenters. The maximum Gasteiger partial charge on any atom is 0.308 e. The standard InChI is InChI=1S/C24H26FN3O3S/c1-15-3-12-21(27-13-15)32-24-20(28-22(31-24)16-4-8-18(25)9-5-16)14-26-19-10-6-17(7-11-19)23(29)30-2/h3-5,8-9,12-13,17,19,26H,6-7,10-11,14H2,1-2H3/t17-,19+. The molecule has 1 N–H and O–H groups in total. The molecule has 1 aliphatic rings. The van der Waals surface area contributed by atoms with Gasteiger partial charge in [0.1, 0.15) is 16.5 Å². The number of aromatic nitrogens is 2. The fourth-order valence-electron chi connectivity index (χ4n) is 3.80. The Morgan fingerprint density at radius 2 is 1.94 bits per heavy atom. The van der Waals surface area contributed by atoms with Crippen LogP contribution in [-0.2, 0) is 16.1 Å². The highest BCUT2D eigenvalue weighted by atomic mass is 32.2. The second-order valence-electron chi connectivity index (χ2n) is 7.99. The van der Waals surface area contributed by atoms with Crippen molar-refractivity contribution in [1.29, 1.82) is 0 Å². The minimum absolute atomic E-state index is 0.00564. The van der Waals surface area contributed by atoms with Crippen LogP contribution in [0.5, 0.6) is 0 Å². The van der Waals surface area contributed by atoms with E-state index in [1.807, 2.05) is 25.3 Å². The van der Waals surface area contributed by atoms with Crippen LogP contribution in [-0.4, -0.2) is 29.1 Å². The molecule has 1 saturated carbocycles. The number of rotatable bonds is 7. The molecule has 32 heavy (non-hydrogen) atoms. The summed E-state index contributed by atoms with van der Waals surface area (Å²) in [6.45, 7) is 2.53. The third-order valence-corrected chi connectivity index (χ3v) is 6.61. The molecule has 0 radical (unpaired) electrons. The Labute approximate surface area is 191 Å². The Hall–Kier alpha value is -2.71. The van der Waals surface area contributed by atoms with Gasteiger partial charge in [0.2, 0.25) is 5.89 Å². The van der Waals surface area contributed by atoms with Gasteiger partial charge in [0.05, 0.1) is 13.0 Å². The smallest absolute Gasteiger partial charge is 0.308 e. The largest absolute Gasteiger partial charge is 0.469 e. The number of nitrogens with zero attached hydrogens (tertiary/aromatic N) is 2. The van der Waals surface area contributed by atoms with Crippen LogP contribution in [0.4, 0.5) is 4.39 Å². The van der Waals surface area contributed by atoms with E-state index in [2.05, 4.69) is 10.3 Å². The van der Waals surface area contributed by atoms with Gasteiger partial charge in [0.15, 0.2) is 5.09 Å². The fourth-order valence-corrected chi connectivity index (χ4v) is 4.58.